The van der Waals surface area contributed by atoms with Crippen LogP contribution in [0.25, 0.3) is 0 Å². The number of fused-ring (bicyclic) bond motifs is 1. The van der Waals surface area contributed by atoms with Crippen molar-refractivity contribution in [3.63, 3.8) is 0 Å². The molecule has 0 spiro atoms. The van der Waals surface area contributed by atoms with Gasteiger partial charge in [-0.15, -0.1) is 0 Å². The average molecular weight is 288 g/mol. The van der Waals surface area contributed by atoms with Crippen LogP contribution in [-0.2, 0) is 16.0 Å². The molecule has 0 aliphatic carbocycles. The Hall–Kier alpha value is -2.37. The van der Waals surface area contributed by atoms with Crippen molar-refractivity contribution in [3.05, 3.63) is 29.3 Å². The standard InChI is InChI=1S/C15H16N2O4/c18-13-7-6-11(16-13)14(19)17-8-2-4-9-10(15(20)21)3-1-5-12(9)17/h1,3,5,11H,2,4,6-8H2,(H,16,18)(H,20,21)/t11-/m0/s1. The molecule has 2 aliphatic rings. The summed E-state index contributed by atoms with van der Waals surface area (Å²) in [5.74, 6) is -1.23. The van der Waals surface area contributed by atoms with Gasteiger partial charge in [-0.25, -0.2) is 4.79 Å². The van der Waals surface area contributed by atoms with E-state index >= 15 is 0 Å². The van der Waals surface area contributed by atoms with Crippen LogP contribution in [-0.4, -0.2) is 35.5 Å². The quantitative estimate of drug-likeness (QED) is 0.848. The fraction of sp³-hybridized carbons (Fsp3) is 0.400. The highest BCUT2D eigenvalue weighted by Crippen LogP contribution is 2.31. The number of hydrogen-bond donors (Lipinski definition) is 2. The Morgan fingerprint density at radius 1 is 1.29 bits per heavy atom. The van der Waals surface area contributed by atoms with Crippen LogP contribution in [0.4, 0.5) is 5.69 Å². The minimum Gasteiger partial charge on any atom is -0.478 e. The second-order valence-corrected chi connectivity index (χ2v) is 5.36. The normalized spacial score (nSPS) is 20.9. The highest BCUT2D eigenvalue weighted by molar-refractivity contribution is 6.03. The van der Waals surface area contributed by atoms with E-state index in [1.54, 1.807) is 23.1 Å². The first-order chi connectivity index (χ1) is 10.1. The first-order valence-electron chi connectivity index (χ1n) is 7.04. The fourth-order valence-corrected chi connectivity index (χ4v) is 3.04. The van der Waals surface area contributed by atoms with Gasteiger partial charge in [0.25, 0.3) is 0 Å². The van der Waals surface area contributed by atoms with Gasteiger partial charge in [-0.1, -0.05) is 6.07 Å². The molecular formula is C15H16N2O4. The molecule has 0 unspecified atom stereocenters. The van der Waals surface area contributed by atoms with Gasteiger partial charge in [0, 0.05) is 18.7 Å². The van der Waals surface area contributed by atoms with E-state index in [0.717, 1.165) is 6.42 Å². The highest BCUT2D eigenvalue weighted by atomic mass is 16.4. The number of hydrogen-bond acceptors (Lipinski definition) is 3. The smallest absolute Gasteiger partial charge is 0.336 e. The maximum atomic E-state index is 12.6. The predicted octanol–water partition coefficient (Wildman–Crippen LogP) is 0.943. The Balaban J connectivity index is 1.94. The number of carbonyl (C=O) groups excluding carboxylic acids is 2. The summed E-state index contributed by atoms with van der Waals surface area (Å²) in [6.45, 7) is 0.557. The Bertz CT molecular complexity index is 626. The molecule has 2 aliphatic heterocycles. The van der Waals surface area contributed by atoms with Crippen molar-refractivity contribution in [1.82, 2.24) is 5.32 Å². The number of anilines is 1. The van der Waals surface area contributed by atoms with Crippen LogP contribution in [0.15, 0.2) is 18.2 Å². The molecule has 1 atom stereocenters. The van der Waals surface area contributed by atoms with Gasteiger partial charge >= 0.3 is 5.97 Å². The number of amides is 2. The Kier molecular flexibility index (Phi) is 3.37. The van der Waals surface area contributed by atoms with Crippen LogP contribution in [0.3, 0.4) is 0 Å². The molecule has 110 valence electrons. The van der Waals surface area contributed by atoms with Gasteiger partial charge in [-0.2, -0.15) is 0 Å². The second kappa shape index (κ2) is 5.20. The van der Waals surface area contributed by atoms with Gasteiger partial charge in [0.1, 0.15) is 6.04 Å². The van der Waals surface area contributed by atoms with E-state index in [1.165, 1.54) is 0 Å². The van der Waals surface area contributed by atoms with Crippen molar-refractivity contribution in [2.75, 3.05) is 11.4 Å². The monoisotopic (exact) mass is 288 g/mol. The minimum absolute atomic E-state index is 0.107. The zero-order valence-corrected chi connectivity index (χ0v) is 11.5. The number of nitrogens with one attached hydrogen (secondary N) is 1. The van der Waals surface area contributed by atoms with Gasteiger partial charge in [0.05, 0.1) is 5.56 Å². The summed E-state index contributed by atoms with van der Waals surface area (Å²) in [7, 11) is 0. The number of aromatic carboxylic acids is 1. The molecule has 2 N–H and O–H groups in total. The lowest BCUT2D eigenvalue weighted by Crippen LogP contribution is -2.46. The first kappa shape index (κ1) is 13.6. The fourth-order valence-electron chi connectivity index (χ4n) is 3.04. The van der Waals surface area contributed by atoms with Gasteiger partial charge < -0.3 is 15.3 Å². The Morgan fingerprint density at radius 2 is 2.10 bits per heavy atom. The molecule has 2 amide bonds. The Morgan fingerprint density at radius 3 is 2.76 bits per heavy atom. The van der Waals surface area contributed by atoms with E-state index in [1.807, 2.05) is 0 Å². The predicted molar refractivity (Wildman–Crippen MR) is 75.2 cm³/mol. The van der Waals surface area contributed by atoms with Gasteiger partial charge in [0.15, 0.2) is 0 Å². The lowest BCUT2D eigenvalue weighted by atomic mass is 9.95. The lowest BCUT2D eigenvalue weighted by Gasteiger charge is -2.32. The lowest BCUT2D eigenvalue weighted by molar-refractivity contribution is -0.124. The summed E-state index contributed by atoms with van der Waals surface area (Å²) in [5, 5.41) is 11.9. The van der Waals surface area contributed by atoms with Crippen LogP contribution in [0.2, 0.25) is 0 Å². The number of rotatable bonds is 2. The van der Waals surface area contributed by atoms with Crippen molar-refractivity contribution in [2.45, 2.75) is 31.7 Å². The van der Waals surface area contributed by atoms with Crippen LogP contribution < -0.4 is 10.2 Å². The van der Waals surface area contributed by atoms with E-state index in [9.17, 15) is 19.5 Å². The minimum atomic E-state index is -0.977. The molecule has 0 aromatic heterocycles. The van der Waals surface area contributed by atoms with E-state index in [4.69, 9.17) is 0 Å². The molecule has 2 heterocycles. The topological polar surface area (TPSA) is 86.7 Å². The highest BCUT2D eigenvalue weighted by Gasteiger charge is 2.34. The van der Waals surface area contributed by atoms with E-state index in [2.05, 4.69) is 5.32 Å². The van der Waals surface area contributed by atoms with Gasteiger partial charge in [-0.3, -0.25) is 9.59 Å². The average Bonchev–Trinajstić information content (AvgIpc) is 2.91. The van der Waals surface area contributed by atoms with Gasteiger partial charge in [-0.05, 0) is 37.0 Å². The number of carbonyl (C=O) groups is 3. The van der Waals surface area contributed by atoms with Crippen molar-refractivity contribution in [1.29, 1.82) is 0 Å². The van der Waals surface area contributed by atoms with Crippen LogP contribution in [0.5, 0.6) is 0 Å². The molecule has 3 rings (SSSR count). The number of carboxylic acid groups (broad SMARTS) is 1. The van der Waals surface area contributed by atoms with Gasteiger partial charge in [0.2, 0.25) is 11.8 Å². The van der Waals surface area contributed by atoms with Crippen molar-refractivity contribution in [3.8, 4) is 0 Å². The third kappa shape index (κ3) is 2.37. The summed E-state index contributed by atoms with van der Waals surface area (Å²) in [6, 6.07) is 4.50. The summed E-state index contributed by atoms with van der Waals surface area (Å²) in [4.78, 5) is 36.7. The molecule has 6 heteroatoms. The SMILES string of the molecule is O=C1CC[C@@H](C(=O)N2CCCc3c(C(=O)O)cccc32)N1. The van der Waals surface area contributed by atoms with Crippen LogP contribution in [0, 0.1) is 0 Å². The molecule has 0 radical (unpaired) electrons. The van der Waals surface area contributed by atoms with E-state index in [-0.39, 0.29) is 17.4 Å². The molecule has 21 heavy (non-hydrogen) atoms. The number of benzene rings is 1. The molecule has 6 nitrogen and oxygen atoms in total. The molecule has 1 saturated heterocycles. The largest absolute Gasteiger partial charge is 0.478 e. The van der Waals surface area contributed by atoms with E-state index in [0.29, 0.717) is 37.1 Å². The van der Waals surface area contributed by atoms with Crippen LogP contribution in [0.1, 0.15) is 35.2 Å². The summed E-state index contributed by atoms with van der Waals surface area (Å²) >= 11 is 0. The molecule has 0 bridgehead atoms. The first-order valence-corrected chi connectivity index (χ1v) is 7.04. The summed E-state index contributed by atoms with van der Waals surface area (Å²) < 4.78 is 0. The van der Waals surface area contributed by atoms with E-state index < -0.39 is 12.0 Å². The third-order valence-corrected chi connectivity index (χ3v) is 4.04. The van der Waals surface area contributed by atoms with Crippen molar-refractivity contribution < 1.29 is 19.5 Å². The zero-order valence-electron chi connectivity index (χ0n) is 11.5. The summed E-state index contributed by atoms with van der Waals surface area (Å²) in [6.07, 6.45) is 2.25. The van der Waals surface area contributed by atoms with Crippen molar-refractivity contribution >= 4 is 23.5 Å². The molecule has 1 aromatic rings. The third-order valence-electron chi connectivity index (χ3n) is 4.04. The maximum absolute atomic E-state index is 12.6. The maximum Gasteiger partial charge on any atom is 0.336 e. The zero-order chi connectivity index (χ0) is 15.0. The second-order valence-electron chi connectivity index (χ2n) is 5.36. The van der Waals surface area contributed by atoms with Crippen molar-refractivity contribution in [2.24, 2.45) is 0 Å². The number of nitrogens with zero attached hydrogens (tertiary/aromatic N) is 1. The molecule has 1 aromatic carbocycles. The number of carboxylic acids is 1. The Labute approximate surface area is 121 Å². The van der Waals surface area contributed by atoms with Crippen LogP contribution >= 0.6 is 0 Å². The molecule has 0 saturated carbocycles. The summed E-state index contributed by atoms with van der Waals surface area (Å²) in [5.41, 5.74) is 1.61. The molecular weight excluding hydrogens is 272 g/mol. The molecule has 1 fully saturated rings.